The van der Waals surface area contributed by atoms with Crippen molar-refractivity contribution in [1.82, 2.24) is 10.2 Å². The number of rotatable bonds is 8. The summed E-state index contributed by atoms with van der Waals surface area (Å²) in [6.07, 6.45) is 2.59. The van der Waals surface area contributed by atoms with Gasteiger partial charge in [-0.25, -0.2) is 0 Å². The normalized spacial score (nSPS) is 14.7. The summed E-state index contributed by atoms with van der Waals surface area (Å²) in [5.74, 6) is 0.193. The van der Waals surface area contributed by atoms with Crippen LogP contribution in [0.2, 0.25) is 0 Å². The van der Waals surface area contributed by atoms with Crippen LogP contribution in [0.1, 0.15) is 33.1 Å². The Morgan fingerprint density at radius 3 is 2.56 bits per heavy atom. The van der Waals surface area contributed by atoms with E-state index in [0.717, 1.165) is 0 Å². The van der Waals surface area contributed by atoms with Crippen LogP contribution in [0.25, 0.3) is 0 Å². The van der Waals surface area contributed by atoms with Crippen LogP contribution in [0.4, 0.5) is 0 Å². The third kappa shape index (κ3) is 6.00. The summed E-state index contributed by atoms with van der Waals surface area (Å²) < 4.78 is 4.60. The first-order chi connectivity index (χ1) is 8.52. The van der Waals surface area contributed by atoms with Gasteiger partial charge in [-0.3, -0.25) is 9.59 Å². The Morgan fingerprint density at radius 2 is 2.06 bits per heavy atom. The molecule has 0 aromatic heterocycles. The molecule has 0 bridgehead atoms. The molecule has 0 aromatic rings. The van der Waals surface area contributed by atoms with Crippen LogP contribution in [-0.4, -0.2) is 49.6 Å². The molecule has 1 N–H and O–H groups in total. The molecule has 0 aliphatic heterocycles. The van der Waals surface area contributed by atoms with Gasteiger partial charge in [0.15, 0.2) is 0 Å². The number of amides is 1. The minimum Gasteiger partial charge on any atom is -0.469 e. The van der Waals surface area contributed by atoms with E-state index in [0.29, 0.717) is 31.6 Å². The first-order valence-corrected chi connectivity index (χ1v) is 6.61. The van der Waals surface area contributed by atoms with Crippen LogP contribution in [-0.2, 0) is 14.3 Å². The van der Waals surface area contributed by atoms with Crippen molar-refractivity contribution in [2.75, 3.05) is 26.7 Å². The van der Waals surface area contributed by atoms with E-state index in [1.807, 2.05) is 0 Å². The number of nitrogens with one attached hydrogen (secondary N) is 1. The van der Waals surface area contributed by atoms with E-state index in [1.54, 1.807) is 4.90 Å². The van der Waals surface area contributed by atoms with Crippen molar-refractivity contribution in [2.45, 2.75) is 39.2 Å². The predicted molar refractivity (Wildman–Crippen MR) is 69.1 cm³/mol. The molecule has 0 radical (unpaired) electrons. The number of ether oxygens (including phenoxy) is 1. The number of hydrogen-bond acceptors (Lipinski definition) is 4. The van der Waals surface area contributed by atoms with Crippen molar-refractivity contribution in [3.05, 3.63) is 0 Å². The third-order valence-electron chi connectivity index (χ3n) is 2.87. The molecular formula is C13H24N2O3. The van der Waals surface area contributed by atoms with E-state index in [1.165, 1.54) is 20.0 Å². The van der Waals surface area contributed by atoms with Gasteiger partial charge in [-0.1, -0.05) is 13.8 Å². The number of hydrogen-bond donors (Lipinski definition) is 1. The summed E-state index contributed by atoms with van der Waals surface area (Å²) in [7, 11) is 1.37. The zero-order valence-corrected chi connectivity index (χ0v) is 11.6. The summed E-state index contributed by atoms with van der Waals surface area (Å²) in [6, 6.07) is 0.524. The zero-order valence-electron chi connectivity index (χ0n) is 11.6. The lowest BCUT2D eigenvalue weighted by atomic mass is 10.2. The highest BCUT2D eigenvalue weighted by Crippen LogP contribution is 2.18. The minimum absolute atomic E-state index is 0.0690. The average molecular weight is 256 g/mol. The fourth-order valence-electron chi connectivity index (χ4n) is 1.72. The molecule has 0 atom stereocenters. The minimum atomic E-state index is -0.272. The monoisotopic (exact) mass is 256 g/mol. The average Bonchev–Trinajstić information content (AvgIpc) is 3.14. The van der Waals surface area contributed by atoms with Crippen LogP contribution in [0.3, 0.4) is 0 Å². The molecule has 0 unspecified atom stereocenters. The summed E-state index contributed by atoms with van der Waals surface area (Å²) in [5.41, 5.74) is 0. The van der Waals surface area contributed by atoms with Crippen molar-refractivity contribution in [1.29, 1.82) is 0 Å². The van der Waals surface area contributed by atoms with Gasteiger partial charge < -0.3 is 15.0 Å². The Morgan fingerprint density at radius 1 is 1.39 bits per heavy atom. The van der Waals surface area contributed by atoms with E-state index in [2.05, 4.69) is 23.9 Å². The second-order valence-corrected chi connectivity index (χ2v) is 5.21. The molecule has 1 aliphatic rings. The summed E-state index contributed by atoms with van der Waals surface area (Å²) in [4.78, 5) is 24.9. The number of esters is 1. The fourth-order valence-corrected chi connectivity index (χ4v) is 1.72. The zero-order chi connectivity index (χ0) is 13.5. The molecule has 0 saturated heterocycles. The van der Waals surface area contributed by atoms with E-state index >= 15 is 0 Å². The van der Waals surface area contributed by atoms with Gasteiger partial charge in [-0.05, 0) is 18.8 Å². The molecule has 1 aliphatic carbocycles. The molecule has 5 nitrogen and oxygen atoms in total. The summed E-state index contributed by atoms with van der Waals surface area (Å²) in [5, 5.41) is 3.20. The molecule has 1 saturated carbocycles. The highest BCUT2D eigenvalue weighted by molar-refractivity contribution is 5.79. The molecule has 1 fully saturated rings. The molecule has 1 rings (SSSR count). The van der Waals surface area contributed by atoms with Crippen LogP contribution >= 0.6 is 0 Å². The Kier molecular flexibility index (Phi) is 6.12. The lowest BCUT2D eigenvalue weighted by molar-refractivity contribution is -0.141. The Bertz CT molecular complexity index is 288. The third-order valence-corrected chi connectivity index (χ3v) is 2.87. The highest BCUT2D eigenvalue weighted by atomic mass is 16.5. The van der Waals surface area contributed by atoms with Crippen LogP contribution in [0.5, 0.6) is 0 Å². The van der Waals surface area contributed by atoms with Gasteiger partial charge >= 0.3 is 5.97 Å². The van der Waals surface area contributed by atoms with E-state index in [-0.39, 0.29) is 18.3 Å². The lowest BCUT2D eigenvalue weighted by Crippen LogP contribution is -2.41. The standard InChI is InChI=1S/C13H24N2O3/c1-10(2)9-15(7-6-13(17)18-3)12(16)8-14-11-4-5-11/h10-11,14H,4-9H2,1-3H3. The lowest BCUT2D eigenvalue weighted by Gasteiger charge is -2.24. The van der Waals surface area contributed by atoms with E-state index in [4.69, 9.17) is 0 Å². The van der Waals surface area contributed by atoms with Gasteiger partial charge in [0.05, 0.1) is 20.1 Å². The molecule has 0 heterocycles. The van der Waals surface area contributed by atoms with Crippen LogP contribution in [0.15, 0.2) is 0 Å². The van der Waals surface area contributed by atoms with Gasteiger partial charge in [-0.15, -0.1) is 0 Å². The topological polar surface area (TPSA) is 58.6 Å². The van der Waals surface area contributed by atoms with Gasteiger partial charge in [0.25, 0.3) is 0 Å². The fraction of sp³-hybridized carbons (Fsp3) is 0.846. The first kappa shape index (κ1) is 15.0. The van der Waals surface area contributed by atoms with Crippen molar-refractivity contribution < 1.29 is 14.3 Å². The SMILES string of the molecule is COC(=O)CCN(CC(C)C)C(=O)CNC1CC1. The predicted octanol–water partition coefficient (Wildman–Crippen LogP) is 0.786. The maximum Gasteiger partial charge on any atom is 0.307 e. The van der Waals surface area contributed by atoms with Crippen molar-refractivity contribution in [3.8, 4) is 0 Å². The number of carbonyl (C=O) groups excluding carboxylic acids is 2. The van der Waals surface area contributed by atoms with Gasteiger partial charge in [0.1, 0.15) is 0 Å². The number of nitrogens with zero attached hydrogens (tertiary/aromatic N) is 1. The summed E-state index contributed by atoms with van der Waals surface area (Å²) >= 11 is 0. The smallest absolute Gasteiger partial charge is 0.307 e. The molecular weight excluding hydrogens is 232 g/mol. The van der Waals surface area contributed by atoms with Gasteiger partial charge in [0, 0.05) is 19.1 Å². The summed E-state index contributed by atoms with van der Waals surface area (Å²) in [6.45, 7) is 5.62. The molecule has 0 spiro atoms. The second-order valence-electron chi connectivity index (χ2n) is 5.21. The Hall–Kier alpha value is -1.10. The maximum absolute atomic E-state index is 12.0. The van der Waals surface area contributed by atoms with Crippen molar-refractivity contribution in [2.24, 2.45) is 5.92 Å². The quantitative estimate of drug-likeness (QED) is 0.652. The maximum atomic E-state index is 12.0. The van der Waals surface area contributed by atoms with Gasteiger partial charge in [-0.2, -0.15) is 0 Å². The second kappa shape index (κ2) is 7.36. The van der Waals surface area contributed by atoms with Crippen LogP contribution in [0, 0.1) is 5.92 Å². The molecule has 18 heavy (non-hydrogen) atoms. The molecule has 5 heteroatoms. The van der Waals surface area contributed by atoms with Crippen LogP contribution < -0.4 is 5.32 Å². The van der Waals surface area contributed by atoms with Gasteiger partial charge in [0.2, 0.25) is 5.91 Å². The molecule has 1 amide bonds. The van der Waals surface area contributed by atoms with Crippen molar-refractivity contribution in [3.63, 3.8) is 0 Å². The first-order valence-electron chi connectivity index (χ1n) is 6.61. The molecule has 0 aromatic carbocycles. The number of methoxy groups -OCH3 is 1. The highest BCUT2D eigenvalue weighted by Gasteiger charge is 2.23. The number of carbonyl (C=O) groups is 2. The molecule has 104 valence electrons. The van der Waals surface area contributed by atoms with E-state index < -0.39 is 0 Å². The van der Waals surface area contributed by atoms with E-state index in [9.17, 15) is 9.59 Å². The Labute approximate surface area is 109 Å². The van der Waals surface area contributed by atoms with Crippen molar-refractivity contribution >= 4 is 11.9 Å². The largest absolute Gasteiger partial charge is 0.469 e. The Balaban J connectivity index is 2.36.